The molecule has 110 valence electrons. The molecule has 2 rings (SSSR count). The number of hydrogen-bond donors (Lipinski definition) is 0. The van der Waals surface area contributed by atoms with Gasteiger partial charge in [-0.3, -0.25) is 4.79 Å². The maximum absolute atomic E-state index is 12.3. The number of aryl methyl sites for hydroxylation is 2. The second-order valence-corrected chi connectivity index (χ2v) is 5.01. The molecule has 0 spiro atoms. The third kappa shape index (κ3) is 3.85. The van der Waals surface area contributed by atoms with Crippen LogP contribution in [-0.4, -0.2) is 19.1 Å². The van der Waals surface area contributed by atoms with Crippen molar-refractivity contribution in [2.45, 2.75) is 20.8 Å². The van der Waals surface area contributed by atoms with E-state index in [1.165, 1.54) is 5.56 Å². The van der Waals surface area contributed by atoms with Crippen LogP contribution in [0.15, 0.2) is 48.5 Å². The molecule has 2 aromatic rings. The third-order valence-electron chi connectivity index (χ3n) is 3.53. The van der Waals surface area contributed by atoms with Gasteiger partial charge in [0.15, 0.2) is 6.61 Å². The first-order chi connectivity index (χ1) is 10.1. The predicted molar refractivity (Wildman–Crippen MR) is 85.9 cm³/mol. The Labute approximate surface area is 126 Å². The first-order valence-corrected chi connectivity index (χ1v) is 7.17. The van der Waals surface area contributed by atoms with Crippen LogP contribution >= 0.6 is 0 Å². The molecule has 1 amide bonds. The molecule has 0 aromatic heterocycles. The standard InChI is InChI=1S/C18H21NO2/c1-4-19(16-8-6-5-7-9-16)18(20)13-21-17-11-10-14(2)15(3)12-17/h5-12H,4,13H2,1-3H3. The topological polar surface area (TPSA) is 29.5 Å². The van der Waals surface area contributed by atoms with Gasteiger partial charge < -0.3 is 9.64 Å². The van der Waals surface area contributed by atoms with Gasteiger partial charge in [0.05, 0.1) is 0 Å². The Kier molecular flexibility index (Phi) is 4.99. The molecule has 0 atom stereocenters. The lowest BCUT2D eigenvalue weighted by Crippen LogP contribution is -2.34. The van der Waals surface area contributed by atoms with Crippen LogP contribution in [-0.2, 0) is 4.79 Å². The van der Waals surface area contributed by atoms with Crippen LogP contribution in [0, 0.1) is 13.8 Å². The van der Waals surface area contributed by atoms with Crippen LogP contribution in [0.2, 0.25) is 0 Å². The summed E-state index contributed by atoms with van der Waals surface area (Å²) in [6, 6.07) is 15.5. The second-order valence-electron chi connectivity index (χ2n) is 5.01. The number of carbonyl (C=O) groups excluding carboxylic acids is 1. The molecular weight excluding hydrogens is 262 g/mol. The fourth-order valence-electron chi connectivity index (χ4n) is 2.14. The summed E-state index contributed by atoms with van der Waals surface area (Å²) in [5.74, 6) is 0.692. The zero-order valence-corrected chi connectivity index (χ0v) is 12.8. The molecule has 0 bridgehead atoms. The highest BCUT2D eigenvalue weighted by Gasteiger charge is 2.14. The third-order valence-corrected chi connectivity index (χ3v) is 3.53. The van der Waals surface area contributed by atoms with Crippen LogP contribution in [0.3, 0.4) is 0 Å². The Balaban J connectivity index is 2.01. The fourth-order valence-corrected chi connectivity index (χ4v) is 2.14. The summed E-state index contributed by atoms with van der Waals surface area (Å²) in [7, 11) is 0. The number of amides is 1. The number of carbonyl (C=O) groups is 1. The van der Waals surface area contributed by atoms with E-state index in [1.54, 1.807) is 4.90 Å². The van der Waals surface area contributed by atoms with Crippen LogP contribution in [0.25, 0.3) is 0 Å². The Bertz CT molecular complexity index is 608. The van der Waals surface area contributed by atoms with E-state index >= 15 is 0 Å². The summed E-state index contributed by atoms with van der Waals surface area (Å²) in [6.45, 7) is 6.72. The molecule has 0 fully saturated rings. The first kappa shape index (κ1) is 15.1. The molecule has 0 heterocycles. The van der Waals surface area contributed by atoms with Crippen LogP contribution in [0.4, 0.5) is 5.69 Å². The van der Waals surface area contributed by atoms with Gasteiger partial charge in [-0.2, -0.15) is 0 Å². The average Bonchev–Trinajstić information content (AvgIpc) is 2.50. The Hall–Kier alpha value is -2.29. The van der Waals surface area contributed by atoms with Crippen LogP contribution in [0.1, 0.15) is 18.1 Å². The van der Waals surface area contributed by atoms with Crippen LogP contribution < -0.4 is 9.64 Å². The van der Waals surface area contributed by atoms with Gasteiger partial charge in [-0.1, -0.05) is 24.3 Å². The molecule has 0 saturated heterocycles. The molecule has 21 heavy (non-hydrogen) atoms. The van der Waals surface area contributed by atoms with E-state index in [1.807, 2.05) is 62.4 Å². The quantitative estimate of drug-likeness (QED) is 0.836. The van der Waals surface area contributed by atoms with Crippen molar-refractivity contribution in [1.29, 1.82) is 0 Å². The van der Waals surface area contributed by atoms with Gasteiger partial charge in [0, 0.05) is 12.2 Å². The first-order valence-electron chi connectivity index (χ1n) is 7.17. The van der Waals surface area contributed by atoms with Gasteiger partial charge in [-0.05, 0) is 56.2 Å². The monoisotopic (exact) mass is 283 g/mol. The van der Waals surface area contributed by atoms with Gasteiger partial charge in [-0.25, -0.2) is 0 Å². The van der Waals surface area contributed by atoms with Crippen molar-refractivity contribution in [3.05, 3.63) is 59.7 Å². The largest absolute Gasteiger partial charge is 0.484 e. The Morgan fingerprint density at radius 2 is 1.76 bits per heavy atom. The number of nitrogens with zero attached hydrogens (tertiary/aromatic N) is 1. The number of likely N-dealkylation sites (N-methyl/N-ethyl adjacent to an activating group) is 1. The van der Waals surface area contributed by atoms with Gasteiger partial charge >= 0.3 is 0 Å². The summed E-state index contributed by atoms with van der Waals surface area (Å²) < 4.78 is 5.62. The zero-order chi connectivity index (χ0) is 15.2. The smallest absolute Gasteiger partial charge is 0.264 e. The highest BCUT2D eigenvalue weighted by atomic mass is 16.5. The SMILES string of the molecule is CCN(C(=O)COc1ccc(C)c(C)c1)c1ccccc1. The average molecular weight is 283 g/mol. The lowest BCUT2D eigenvalue weighted by Gasteiger charge is -2.21. The van der Waals surface area contributed by atoms with E-state index < -0.39 is 0 Å². The number of ether oxygens (including phenoxy) is 1. The van der Waals surface area contributed by atoms with E-state index in [-0.39, 0.29) is 12.5 Å². The van der Waals surface area contributed by atoms with Crippen molar-refractivity contribution in [2.75, 3.05) is 18.1 Å². The lowest BCUT2D eigenvalue weighted by atomic mass is 10.1. The molecule has 0 saturated carbocycles. The molecule has 0 radical (unpaired) electrons. The molecule has 0 aliphatic heterocycles. The van der Waals surface area contributed by atoms with Crippen molar-refractivity contribution >= 4 is 11.6 Å². The number of hydrogen-bond acceptors (Lipinski definition) is 2. The maximum atomic E-state index is 12.3. The van der Waals surface area contributed by atoms with E-state index in [0.717, 1.165) is 17.0 Å². The minimum absolute atomic E-state index is 0.0399. The van der Waals surface area contributed by atoms with Crippen molar-refractivity contribution in [2.24, 2.45) is 0 Å². The zero-order valence-electron chi connectivity index (χ0n) is 12.8. The van der Waals surface area contributed by atoms with Gasteiger partial charge in [0.2, 0.25) is 0 Å². The summed E-state index contributed by atoms with van der Waals surface area (Å²) in [4.78, 5) is 14.0. The number of benzene rings is 2. The molecule has 3 nitrogen and oxygen atoms in total. The van der Waals surface area contributed by atoms with Gasteiger partial charge in [0.1, 0.15) is 5.75 Å². The van der Waals surface area contributed by atoms with Gasteiger partial charge in [0.25, 0.3) is 5.91 Å². The minimum Gasteiger partial charge on any atom is -0.484 e. The summed E-state index contributed by atoms with van der Waals surface area (Å²) in [5, 5.41) is 0. The predicted octanol–water partition coefficient (Wildman–Crippen LogP) is 3.74. The molecular formula is C18H21NO2. The molecule has 0 aliphatic carbocycles. The number of para-hydroxylation sites is 1. The highest BCUT2D eigenvalue weighted by Crippen LogP contribution is 2.17. The minimum atomic E-state index is -0.0399. The highest BCUT2D eigenvalue weighted by molar-refractivity contribution is 5.94. The lowest BCUT2D eigenvalue weighted by molar-refractivity contribution is -0.120. The van der Waals surface area contributed by atoms with Crippen molar-refractivity contribution in [1.82, 2.24) is 0 Å². The van der Waals surface area contributed by atoms with Crippen molar-refractivity contribution < 1.29 is 9.53 Å². The van der Waals surface area contributed by atoms with Crippen LogP contribution in [0.5, 0.6) is 5.75 Å². The van der Waals surface area contributed by atoms with E-state index in [4.69, 9.17) is 4.74 Å². The Morgan fingerprint density at radius 1 is 1.05 bits per heavy atom. The fraction of sp³-hybridized carbons (Fsp3) is 0.278. The number of rotatable bonds is 5. The number of anilines is 1. The van der Waals surface area contributed by atoms with E-state index in [9.17, 15) is 4.79 Å². The van der Waals surface area contributed by atoms with E-state index in [2.05, 4.69) is 6.92 Å². The Morgan fingerprint density at radius 3 is 2.38 bits per heavy atom. The second kappa shape index (κ2) is 6.93. The maximum Gasteiger partial charge on any atom is 0.264 e. The molecule has 2 aromatic carbocycles. The summed E-state index contributed by atoms with van der Waals surface area (Å²) in [5.41, 5.74) is 3.28. The normalized spacial score (nSPS) is 10.2. The molecule has 0 N–H and O–H groups in total. The summed E-state index contributed by atoms with van der Waals surface area (Å²) in [6.07, 6.45) is 0. The molecule has 0 aliphatic rings. The van der Waals surface area contributed by atoms with Crippen molar-refractivity contribution in [3.8, 4) is 5.75 Å². The van der Waals surface area contributed by atoms with Gasteiger partial charge in [-0.15, -0.1) is 0 Å². The molecule has 3 heteroatoms. The van der Waals surface area contributed by atoms with Crippen molar-refractivity contribution in [3.63, 3.8) is 0 Å². The van der Waals surface area contributed by atoms with E-state index in [0.29, 0.717) is 6.54 Å². The summed E-state index contributed by atoms with van der Waals surface area (Å²) >= 11 is 0. The molecule has 0 unspecified atom stereocenters.